The molecule has 7 heteroatoms. The van der Waals surface area contributed by atoms with Crippen LogP contribution in [0.2, 0.25) is 0 Å². The van der Waals surface area contributed by atoms with Crippen molar-refractivity contribution in [3.63, 3.8) is 0 Å². The van der Waals surface area contributed by atoms with Crippen LogP contribution in [0.1, 0.15) is 19.3 Å². The van der Waals surface area contributed by atoms with Gasteiger partial charge in [-0.1, -0.05) is 12.1 Å². The van der Waals surface area contributed by atoms with Crippen molar-refractivity contribution in [3.8, 4) is 6.07 Å². The minimum atomic E-state index is -3.29. The Morgan fingerprint density at radius 2 is 2.10 bits per heavy atom. The van der Waals surface area contributed by atoms with Gasteiger partial charge in [-0.3, -0.25) is 0 Å². The van der Waals surface area contributed by atoms with Crippen LogP contribution in [0.4, 0.5) is 5.69 Å². The van der Waals surface area contributed by atoms with E-state index in [0.29, 0.717) is 18.0 Å². The maximum Gasteiger partial charge on any atom is 0.215 e. The van der Waals surface area contributed by atoms with Gasteiger partial charge in [0.05, 0.1) is 11.8 Å². The van der Waals surface area contributed by atoms with Crippen LogP contribution in [-0.2, 0) is 10.0 Å². The Labute approximate surface area is 130 Å². The molecule has 0 amide bonds. The predicted octanol–water partition coefficient (Wildman–Crippen LogP) is 2.07. The molecule has 5 nitrogen and oxygen atoms in total. The molecular formula is C14H19N3O2S2. The molecule has 0 atom stereocenters. The summed E-state index contributed by atoms with van der Waals surface area (Å²) in [7, 11) is -3.29. The summed E-state index contributed by atoms with van der Waals surface area (Å²) in [6.45, 7) is 0.307. The number of rotatable bonds is 8. The third-order valence-corrected chi connectivity index (χ3v) is 6.54. The van der Waals surface area contributed by atoms with E-state index in [0.717, 1.165) is 17.7 Å². The van der Waals surface area contributed by atoms with Crippen molar-refractivity contribution in [2.24, 2.45) is 0 Å². The molecule has 0 saturated heterocycles. The van der Waals surface area contributed by atoms with E-state index in [1.807, 2.05) is 24.3 Å². The fourth-order valence-corrected chi connectivity index (χ4v) is 5.13. The van der Waals surface area contributed by atoms with Gasteiger partial charge in [0.1, 0.15) is 0 Å². The zero-order valence-corrected chi connectivity index (χ0v) is 13.4. The highest BCUT2D eigenvalue weighted by molar-refractivity contribution is 8.00. The van der Waals surface area contributed by atoms with Crippen molar-refractivity contribution in [1.29, 1.82) is 5.26 Å². The van der Waals surface area contributed by atoms with Crippen molar-refractivity contribution >= 4 is 27.5 Å². The summed E-state index contributed by atoms with van der Waals surface area (Å²) in [6.07, 6.45) is 2.06. The number of thioether (sulfide) groups is 1. The minimum Gasteiger partial charge on any atom is -0.398 e. The van der Waals surface area contributed by atoms with Crippen LogP contribution in [0.25, 0.3) is 0 Å². The summed E-state index contributed by atoms with van der Waals surface area (Å²) in [6, 6.07) is 9.56. The predicted molar refractivity (Wildman–Crippen MR) is 85.3 cm³/mol. The fraction of sp³-hybridized carbons (Fsp3) is 0.500. The van der Waals surface area contributed by atoms with Gasteiger partial charge in [0.25, 0.3) is 0 Å². The molecule has 0 bridgehead atoms. The molecule has 1 aliphatic carbocycles. The third kappa shape index (κ3) is 4.63. The van der Waals surface area contributed by atoms with E-state index in [1.54, 1.807) is 6.07 Å². The topological polar surface area (TPSA) is 87.2 Å². The van der Waals surface area contributed by atoms with Gasteiger partial charge in [-0.05, 0) is 25.0 Å². The van der Waals surface area contributed by atoms with Crippen LogP contribution >= 0.6 is 11.8 Å². The maximum atomic E-state index is 12.4. The average Bonchev–Trinajstić information content (AvgIpc) is 3.26. The molecule has 1 saturated carbocycles. The SMILES string of the molecule is N#CCCN(C1CC1)S(=O)(=O)CCSc1ccccc1N. The van der Waals surface area contributed by atoms with Gasteiger partial charge in [-0.25, -0.2) is 8.42 Å². The first-order valence-corrected chi connectivity index (χ1v) is 9.48. The molecule has 0 spiro atoms. The zero-order valence-electron chi connectivity index (χ0n) is 11.7. The van der Waals surface area contributed by atoms with E-state index in [1.165, 1.54) is 16.1 Å². The first-order chi connectivity index (χ1) is 10.0. The summed E-state index contributed by atoms with van der Waals surface area (Å²) >= 11 is 1.45. The number of nitrogens with two attached hydrogens (primary N) is 1. The monoisotopic (exact) mass is 325 g/mol. The van der Waals surface area contributed by atoms with Gasteiger partial charge in [-0.15, -0.1) is 11.8 Å². The molecule has 0 aliphatic heterocycles. The summed E-state index contributed by atoms with van der Waals surface area (Å²) in [5, 5.41) is 8.65. The van der Waals surface area contributed by atoms with Crippen molar-refractivity contribution in [2.45, 2.75) is 30.2 Å². The molecule has 0 aromatic heterocycles. The number of hydrogen-bond acceptors (Lipinski definition) is 5. The molecule has 2 rings (SSSR count). The number of benzene rings is 1. The molecule has 1 aliphatic rings. The number of nitriles is 1. The van der Waals surface area contributed by atoms with Crippen LogP contribution in [-0.4, -0.2) is 36.8 Å². The van der Waals surface area contributed by atoms with Crippen LogP contribution in [0, 0.1) is 11.3 Å². The molecule has 21 heavy (non-hydrogen) atoms. The Bertz CT molecular complexity index is 621. The Hall–Kier alpha value is -1.23. The van der Waals surface area contributed by atoms with E-state index in [9.17, 15) is 8.42 Å². The molecule has 1 aromatic carbocycles. The van der Waals surface area contributed by atoms with Gasteiger partial charge in [0.2, 0.25) is 10.0 Å². The molecule has 0 unspecified atom stereocenters. The highest BCUT2D eigenvalue weighted by Gasteiger charge is 2.36. The van der Waals surface area contributed by atoms with Crippen molar-refractivity contribution < 1.29 is 8.42 Å². The summed E-state index contributed by atoms with van der Waals surface area (Å²) in [5.41, 5.74) is 6.51. The third-order valence-electron chi connectivity index (χ3n) is 3.27. The van der Waals surface area contributed by atoms with E-state index >= 15 is 0 Å². The molecular weight excluding hydrogens is 306 g/mol. The number of nitrogens with zero attached hydrogens (tertiary/aromatic N) is 2. The lowest BCUT2D eigenvalue weighted by atomic mass is 10.3. The molecule has 1 aromatic rings. The van der Waals surface area contributed by atoms with Crippen molar-refractivity contribution in [3.05, 3.63) is 24.3 Å². The number of nitrogen functional groups attached to an aromatic ring is 1. The van der Waals surface area contributed by atoms with E-state index in [2.05, 4.69) is 0 Å². The van der Waals surface area contributed by atoms with Gasteiger partial charge < -0.3 is 5.73 Å². The van der Waals surface area contributed by atoms with Crippen LogP contribution in [0.3, 0.4) is 0 Å². The summed E-state index contributed by atoms with van der Waals surface area (Å²) in [4.78, 5) is 0.905. The van der Waals surface area contributed by atoms with Gasteiger partial charge in [-0.2, -0.15) is 9.57 Å². The normalized spacial score (nSPS) is 15.0. The highest BCUT2D eigenvalue weighted by atomic mass is 32.2. The second-order valence-corrected chi connectivity index (χ2v) is 8.13. The van der Waals surface area contributed by atoms with Gasteiger partial charge in [0.15, 0.2) is 0 Å². The van der Waals surface area contributed by atoms with Crippen LogP contribution in [0.15, 0.2) is 29.2 Å². The van der Waals surface area contributed by atoms with E-state index in [4.69, 9.17) is 11.0 Å². The Morgan fingerprint density at radius 1 is 1.38 bits per heavy atom. The molecule has 0 radical (unpaired) electrons. The second-order valence-electron chi connectivity index (χ2n) is 4.95. The quantitative estimate of drug-likeness (QED) is 0.584. The van der Waals surface area contributed by atoms with Gasteiger partial charge in [0, 0.05) is 35.3 Å². The average molecular weight is 325 g/mol. The highest BCUT2D eigenvalue weighted by Crippen LogP contribution is 2.30. The lowest BCUT2D eigenvalue weighted by Crippen LogP contribution is -2.36. The van der Waals surface area contributed by atoms with E-state index in [-0.39, 0.29) is 18.2 Å². The summed E-state index contributed by atoms with van der Waals surface area (Å²) < 4.78 is 26.2. The first-order valence-electron chi connectivity index (χ1n) is 6.88. The van der Waals surface area contributed by atoms with E-state index < -0.39 is 10.0 Å². The lowest BCUT2D eigenvalue weighted by Gasteiger charge is -2.20. The number of para-hydroxylation sites is 1. The lowest BCUT2D eigenvalue weighted by molar-refractivity contribution is 0.412. The Balaban J connectivity index is 1.91. The maximum absolute atomic E-state index is 12.4. The standard InChI is InChI=1S/C14H19N3O2S2/c15-8-3-9-17(12-6-7-12)21(18,19)11-10-20-14-5-2-1-4-13(14)16/h1-2,4-5,12H,3,6-7,9-11,16H2. The van der Waals surface area contributed by atoms with Crippen molar-refractivity contribution in [2.75, 3.05) is 23.8 Å². The molecule has 114 valence electrons. The minimum absolute atomic E-state index is 0.0773. The van der Waals surface area contributed by atoms with Crippen molar-refractivity contribution in [1.82, 2.24) is 4.31 Å². The van der Waals surface area contributed by atoms with Crippen LogP contribution in [0.5, 0.6) is 0 Å². The molecule has 2 N–H and O–H groups in total. The summed E-state index contributed by atoms with van der Waals surface area (Å²) in [5.74, 6) is 0.542. The molecule has 0 heterocycles. The first kappa shape index (κ1) is 16.1. The Morgan fingerprint density at radius 3 is 2.71 bits per heavy atom. The molecule has 1 fully saturated rings. The number of hydrogen-bond donors (Lipinski definition) is 1. The number of anilines is 1. The number of sulfonamides is 1. The van der Waals surface area contributed by atoms with Crippen LogP contribution < -0.4 is 5.73 Å². The fourth-order valence-electron chi connectivity index (χ4n) is 2.06. The second kappa shape index (κ2) is 7.16. The van der Waals surface area contributed by atoms with Gasteiger partial charge >= 0.3 is 0 Å². The largest absolute Gasteiger partial charge is 0.398 e. The smallest absolute Gasteiger partial charge is 0.215 e. The Kier molecular flexibility index (Phi) is 5.51. The zero-order chi connectivity index (χ0) is 15.3.